The average Bonchev–Trinajstić information content (AvgIpc) is 1.60. The van der Waals surface area contributed by atoms with Crippen LogP contribution in [-0.4, -0.2) is 23.6 Å². The molecular formula is C5H9N2OS. The molecule has 1 aliphatic heterocycles. The first-order chi connectivity index (χ1) is 4.29. The molecule has 1 atom stereocenters. The van der Waals surface area contributed by atoms with Gasteiger partial charge in [0.1, 0.15) is 0 Å². The number of carbonyl (C=O) groups is 1. The number of carbonyl (C=O) groups excluding carboxylic acids is 1. The molecule has 1 saturated heterocycles. The summed E-state index contributed by atoms with van der Waals surface area (Å²) in [6.45, 7) is 0.611. The number of rotatable bonds is 2. The Bertz CT molecular complexity index is 114. The summed E-state index contributed by atoms with van der Waals surface area (Å²) in [6, 6.07) is -0.539. The lowest BCUT2D eigenvalue weighted by Crippen LogP contribution is -2.32. The summed E-state index contributed by atoms with van der Waals surface area (Å²) in [6.07, 6.45) is 1.18. The second-order valence-corrected chi connectivity index (χ2v) is 3.37. The SMILES string of the molecule is NC(=O)[N]CC1CCS1. The van der Waals surface area contributed by atoms with Crippen molar-refractivity contribution in [1.29, 1.82) is 0 Å². The summed E-state index contributed by atoms with van der Waals surface area (Å²) in [5.74, 6) is 1.21. The predicted molar refractivity (Wildman–Crippen MR) is 37.4 cm³/mol. The maximum absolute atomic E-state index is 10.1. The molecule has 2 N–H and O–H groups in total. The molecule has 3 nitrogen and oxygen atoms in total. The van der Waals surface area contributed by atoms with Crippen LogP contribution in [0.3, 0.4) is 0 Å². The van der Waals surface area contributed by atoms with Crippen LogP contribution in [0.25, 0.3) is 0 Å². The normalized spacial score (nSPS) is 24.7. The third kappa shape index (κ3) is 2.13. The van der Waals surface area contributed by atoms with Crippen molar-refractivity contribution in [2.45, 2.75) is 11.7 Å². The minimum atomic E-state index is -0.539. The van der Waals surface area contributed by atoms with Gasteiger partial charge in [0.25, 0.3) is 0 Å². The van der Waals surface area contributed by atoms with Gasteiger partial charge in [0.15, 0.2) is 0 Å². The number of urea groups is 1. The van der Waals surface area contributed by atoms with E-state index in [-0.39, 0.29) is 0 Å². The molecule has 0 aromatic heterocycles. The molecule has 1 unspecified atom stereocenters. The topological polar surface area (TPSA) is 57.2 Å². The Labute approximate surface area is 58.4 Å². The van der Waals surface area contributed by atoms with Gasteiger partial charge in [-0.25, -0.2) is 10.1 Å². The Hall–Kier alpha value is -0.380. The fourth-order valence-corrected chi connectivity index (χ4v) is 1.37. The van der Waals surface area contributed by atoms with Gasteiger partial charge in [0.2, 0.25) is 0 Å². The van der Waals surface area contributed by atoms with Crippen molar-refractivity contribution in [1.82, 2.24) is 5.32 Å². The van der Waals surface area contributed by atoms with Crippen molar-refractivity contribution in [2.24, 2.45) is 5.73 Å². The van der Waals surface area contributed by atoms with Crippen LogP contribution in [0.5, 0.6) is 0 Å². The van der Waals surface area contributed by atoms with Crippen molar-refractivity contribution in [3.8, 4) is 0 Å². The van der Waals surface area contributed by atoms with Crippen molar-refractivity contribution >= 4 is 17.8 Å². The van der Waals surface area contributed by atoms with Crippen molar-refractivity contribution in [3.63, 3.8) is 0 Å². The van der Waals surface area contributed by atoms with Gasteiger partial charge in [-0.15, -0.1) is 0 Å². The Balaban J connectivity index is 1.97. The zero-order valence-electron chi connectivity index (χ0n) is 5.04. The Kier molecular flexibility index (Phi) is 2.22. The van der Waals surface area contributed by atoms with Crippen LogP contribution in [0.4, 0.5) is 4.79 Å². The van der Waals surface area contributed by atoms with Gasteiger partial charge in [-0.1, -0.05) is 0 Å². The number of amides is 2. The molecule has 51 valence electrons. The number of nitrogens with zero attached hydrogens (tertiary/aromatic N) is 1. The van der Waals surface area contributed by atoms with Crippen LogP contribution >= 0.6 is 11.8 Å². The molecule has 1 fully saturated rings. The van der Waals surface area contributed by atoms with E-state index in [1.807, 2.05) is 11.8 Å². The highest BCUT2D eigenvalue weighted by molar-refractivity contribution is 8.01. The van der Waals surface area contributed by atoms with Crippen molar-refractivity contribution in [3.05, 3.63) is 0 Å². The molecule has 1 aliphatic rings. The predicted octanol–water partition coefficient (Wildman–Crippen LogP) is 0.175. The first kappa shape index (κ1) is 6.74. The monoisotopic (exact) mass is 145 g/mol. The van der Waals surface area contributed by atoms with E-state index in [1.165, 1.54) is 12.2 Å². The van der Waals surface area contributed by atoms with E-state index in [4.69, 9.17) is 5.73 Å². The maximum Gasteiger partial charge on any atom is 0.333 e. The number of hydrogen-bond acceptors (Lipinski definition) is 2. The van der Waals surface area contributed by atoms with Crippen molar-refractivity contribution in [2.75, 3.05) is 12.3 Å². The largest absolute Gasteiger partial charge is 0.350 e. The van der Waals surface area contributed by atoms with Crippen LogP contribution in [0.2, 0.25) is 0 Å². The molecular weight excluding hydrogens is 136 g/mol. The maximum atomic E-state index is 10.1. The summed E-state index contributed by atoms with van der Waals surface area (Å²) < 4.78 is 0. The molecule has 0 aromatic carbocycles. The summed E-state index contributed by atoms with van der Waals surface area (Å²) in [4.78, 5) is 10.1. The van der Waals surface area contributed by atoms with E-state index < -0.39 is 6.03 Å². The molecule has 1 radical (unpaired) electrons. The second-order valence-electron chi connectivity index (χ2n) is 1.96. The van der Waals surface area contributed by atoms with Gasteiger partial charge in [0, 0.05) is 5.25 Å². The standard InChI is InChI=1S/C5H9N2OS/c6-5(8)7-3-4-1-2-9-4/h4H,1-3H2,(H2,6,8). The molecule has 4 heteroatoms. The third-order valence-electron chi connectivity index (χ3n) is 1.24. The fourth-order valence-electron chi connectivity index (χ4n) is 0.620. The molecule has 0 aliphatic carbocycles. The lowest BCUT2D eigenvalue weighted by molar-refractivity contribution is 0.248. The van der Waals surface area contributed by atoms with E-state index in [0.717, 1.165) is 0 Å². The molecule has 2 amide bonds. The highest BCUT2D eigenvalue weighted by Crippen LogP contribution is 2.26. The lowest BCUT2D eigenvalue weighted by Gasteiger charge is -2.23. The van der Waals surface area contributed by atoms with Gasteiger partial charge in [-0.3, -0.25) is 0 Å². The summed E-state index contributed by atoms with van der Waals surface area (Å²) in [5, 5.41) is 4.13. The van der Waals surface area contributed by atoms with Crippen LogP contribution in [0.1, 0.15) is 6.42 Å². The van der Waals surface area contributed by atoms with Crippen LogP contribution in [-0.2, 0) is 0 Å². The van der Waals surface area contributed by atoms with Gasteiger partial charge in [0.05, 0.1) is 6.54 Å². The molecule has 0 spiro atoms. The van der Waals surface area contributed by atoms with Crippen LogP contribution in [0, 0.1) is 0 Å². The number of hydrogen-bond donors (Lipinski definition) is 1. The van der Waals surface area contributed by atoms with E-state index in [0.29, 0.717) is 11.8 Å². The Morgan fingerprint density at radius 1 is 1.89 bits per heavy atom. The smallest absolute Gasteiger partial charge is 0.333 e. The molecule has 0 bridgehead atoms. The molecule has 0 saturated carbocycles. The van der Waals surface area contributed by atoms with Crippen molar-refractivity contribution < 1.29 is 4.79 Å². The number of nitrogens with two attached hydrogens (primary N) is 1. The zero-order chi connectivity index (χ0) is 6.69. The third-order valence-corrected chi connectivity index (χ3v) is 2.57. The van der Waals surface area contributed by atoms with Crippen LogP contribution in [0.15, 0.2) is 0 Å². The lowest BCUT2D eigenvalue weighted by atomic mass is 10.3. The molecule has 1 rings (SSSR count). The highest BCUT2D eigenvalue weighted by Gasteiger charge is 2.18. The van der Waals surface area contributed by atoms with E-state index in [1.54, 1.807) is 0 Å². The highest BCUT2D eigenvalue weighted by atomic mass is 32.2. The second kappa shape index (κ2) is 2.96. The first-order valence-electron chi connectivity index (χ1n) is 2.87. The number of thioether (sulfide) groups is 1. The average molecular weight is 145 g/mol. The van der Waals surface area contributed by atoms with Gasteiger partial charge >= 0.3 is 6.03 Å². The minimum Gasteiger partial charge on any atom is -0.350 e. The van der Waals surface area contributed by atoms with Gasteiger partial charge in [-0.2, -0.15) is 11.8 Å². The zero-order valence-corrected chi connectivity index (χ0v) is 5.86. The molecule has 0 aromatic rings. The summed E-state index contributed by atoms with van der Waals surface area (Å²) >= 11 is 1.85. The first-order valence-corrected chi connectivity index (χ1v) is 3.92. The summed E-state index contributed by atoms with van der Waals surface area (Å²) in [5.41, 5.74) is 4.80. The molecule has 1 heterocycles. The minimum absolute atomic E-state index is 0.539. The van der Waals surface area contributed by atoms with Crippen LogP contribution < -0.4 is 11.1 Å². The fraction of sp³-hybridized carbons (Fsp3) is 0.800. The number of primary amides is 1. The van der Waals surface area contributed by atoms with Gasteiger partial charge < -0.3 is 5.73 Å². The van der Waals surface area contributed by atoms with E-state index in [9.17, 15) is 4.79 Å². The quantitative estimate of drug-likeness (QED) is 0.602. The Morgan fingerprint density at radius 2 is 2.56 bits per heavy atom. The van der Waals surface area contributed by atoms with E-state index >= 15 is 0 Å². The van der Waals surface area contributed by atoms with E-state index in [2.05, 4.69) is 5.32 Å². The Morgan fingerprint density at radius 3 is 2.89 bits per heavy atom. The van der Waals surface area contributed by atoms with Gasteiger partial charge in [-0.05, 0) is 12.2 Å². The molecule has 9 heavy (non-hydrogen) atoms. The summed E-state index contributed by atoms with van der Waals surface area (Å²) in [7, 11) is 0.